The molecule has 1 rings (SSSR count). The smallest absolute Gasteiger partial charge is 0.237 e. The van der Waals surface area contributed by atoms with Crippen molar-refractivity contribution >= 4 is 17.5 Å². The second-order valence-corrected chi connectivity index (χ2v) is 4.25. The first-order chi connectivity index (χ1) is 8.62. The first-order valence-corrected chi connectivity index (χ1v) is 6.15. The maximum absolute atomic E-state index is 11.7. The van der Waals surface area contributed by atoms with Crippen LogP contribution in [0.5, 0.6) is 0 Å². The van der Waals surface area contributed by atoms with E-state index in [2.05, 4.69) is 12.6 Å². The molecule has 0 aliphatic carbocycles. The molecule has 1 aromatic rings. The first-order valence-electron chi connectivity index (χ1n) is 5.62. The van der Waals surface area contributed by atoms with Gasteiger partial charge in [-0.1, -0.05) is 6.08 Å². The molecule has 0 radical (unpaired) electrons. The van der Waals surface area contributed by atoms with Gasteiger partial charge in [0.25, 0.3) is 0 Å². The topological polar surface area (TPSA) is 49.0 Å². The zero-order valence-electron chi connectivity index (χ0n) is 10.4. The summed E-state index contributed by atoms with van der Waals surface area (Å²) >= 11 is 5.58. The second-order valence-electron chi connectivity index (χ2n) is 3.98. The number of carbonyl (C=O) groups excluding carboxylic acids is 1. The lowest BCUT2D eigenvalue weighted by Gasteiger charge is -2.20. The van der Waals surface area contributed by atoms with Crippen molar-refractivity contribution in [2.45, 2.75) is 13.0 Å². The zero-order valence-corrected chi connectivity index (χ0v) is 11.2. The fourth-order valence-corrected chi connectivity index (χ4v) is 1.84. The summed E-state index contributed by atoms with van der Waals surface area (Å²) in [6.45, 7) is 4.69. The Morgan fingerprint density at radius 2 is 2.44 bits per heavy atom. The highest BCUT2D eigenvalue weighted by Crippen LogP contribution is 2.10. The molecule has 18 heavy (non-hydrogen) atoms. The van der Waals surface area contributed by atoms with Crippen molar-refractivity contribution in [3.05, 3.63) is 36.2 Å². The maximum Gasteiger partial charge on any atom is 0.237 e. The molecule has 1 aromatic heterocycles. The van der Waals surface area contributed by atoms with Gasteiger partial charge in [0.2, 0.25) is 5.91 Å². The lowest BCUT2D eigenvalue weighted by Crippen LogP contribution is -2.32. The average molecular weight is 266 g/mol. The van der Waals surface area contributed by atoms with Gasteiger partial charge in [0.1, 0.15) is 17.6 Å². The molecule has 0 unspecified atom stereocenters. The first kappa shape index (κ1) is 14.3. The Bertz CT molecular complexity index is 473. The predicted molar refractivity (Wildman–Crippen MR) is 71.1 cm³/mol. The number of aromatic nitrogens is 1. The van der Waals surface area contributed by atoms with Crippen LogP contribution < -0.4 is 0 Å². The van der Waals surface area contributed by atoms with Gasteiger partial charge in [0.05, 0.1) is 0 Å². The fraction of sp³-hybridized carbons (Fsp3) is 0.385. The van der Waals surface area contributed by atoms with Gasteiger partial charge in [-0.2, -0.15) is 5.26 Å². The molecule has 1 heterocycles. The van der Waals surface area contributed by atoms with Crippen molar-refractivity contribution in [1.82, 2.24) is 9.47 Å². The van der Waals surface area contributed by atoms with Crippen molar-refractivity contribution in [2.24, 2.45) is 7.05 Å². The van der Waals surface area contributed by atoms with Gasteiger partial charge in [0, 0.05) is 26.3 Å². The summed E-state index contributed by atoms with van der Waals surface area (Å²) in [4.78, 5) is 13.3. The van der Waals surface area contributed by atoms with Gasteiger partial charge in [-0.25, -0.2) is 0 Å². The monoisotopic (exact) mass is 265 g/mol. The predicted octanol–water partition coefficient (Wildman–Crippen LogP) is 2.04. The number of amides is 1. The molecule has 0 aliphatic rings. The average Bonchev–Trinajstić information content (AvgIpc) is 2.73. The van der Waals surface area contributed by atoms with Crippen molar-refractivity contribution in [3.8, 4) is 6.07 Å². The van der Waals surface area contributed by atoms with Crippen LogP contribution in [0.25, 0.3) is 0 Å². The van der Waals surface area contributed by atoms with Gasteiger partial charge in [-0.3, -0.25) is 4.79 Å². The normalized spacial score (nSPS) is 9.83. The molecule has 0 spiro atoms. The van der Waals surface area contributed by atoms with E-state index in [1.807, 2.05) is 6.20 Å². The molecular weight excluding hydrogens is 250 g/mol. The Hall–Kier alpha value is -1.73. The quantitative estimate of drug-likeness (QED) is 0.584. The molecule has 0 aliphatic heterocycles. The van der Waals surface area contributed by atoms with E-state index >= 15 is 0 Å². The van der Waals surface area contributed by atoms with E-state index in [9.17, 15) is 4.79 Å². The van der Waals surface area contributed by atoms with Crippen LogP contribution in [0.3, 0.4) is 0 Å². The number of alkyl halides is 1. The summed E-state index contributed by atoms with van der Waals surface area (Å²) in [7, 11) is 1.81. The van der Waals surface area contributed by atoms with Crippen LogP contribution in [0.1, 0.15) is 17.7 Å². The molecule has 0 atom stereocenters. The third-order valence-corrected chi connectivity index (χ3v) is 2.85. The third-order valence-electron chi connectivity index (χ3n) is 2.62. The molecule has 4 nitrogen and oxygen atoms in total. The highest BCUT2D eigenvalue weighted by Gasteiger charge is 2.13. The summed E-state index contributed by atoms with van der Waals surface area (Å²) in [5.74, 6) is -0.143. The van der Waals surface area contributed by atoms with Gasteiger partial charge in [-0.05, 0) is 18.1 Å². The largest absolute Gasteiger partial charge is 0.342 e. The molecule has 0 aromatic carbocycles. The van der Waals surface area contributed by atoms with Crippen LogP contribution in [-0.4, -0.2) is 27.8 Å². The highest BCUT2D eigenvalue weighted by molar-refractivity contribution is 6.27. The second kappa shape index (κ2) is 6.87. The van der Waals surface area contributed by atoms with Gasteiger partial charge in [-0.15, -0.1) is 18.2 Å². The Morgan fingerprint density at radius 1 is 1.72 bits per heavy atom. The van der Waals surface area contributed by atoms with E-state index in [0.717, 1.165) is 12.0 Å². The number of hydrogen-bond acceptors (Lipinski definition) is 2. The van der Waals surface area contributed by atoms with E-state index in [1.165, 1.54) is 0 Å². The SMILES string of the molecule is C=CCCN(Cc1cc(C#N)n(C)c1)C(=O)CCl. The lowest BCUT2D eigenvalue weighted by molar-refractivity contribution is -0.129. The van der Waals surface area contributed by atoms with Crippen LogP contribution in [0, 0.1) is 11.3 Å². The Morgan fingerprint density at radius 3 is 2.94 bits per heavy atom. The number of halogens is 1. The van der Waals surface area contributed by atoms with Gasteiger partial charge < -0.3 is 9.47 Å². The minimum absolute atomic E-state index is 0.0327. The number of rotatable bonds is 6. The molecule has 0 fully saturated rings. The highest BCUT2D eigenvalue weighted by atomic mass is 35.5. The third kappa shape index (κ3) is 3.64. The summed E-state index contributed by atoms with van der Waals surface area (Å²) in [6.07, 6.45) is 4.34. The van der Waals surface area contributed by atoms with Crippen molar-refractivity contribution in [3.63, 3.8) is 0 Å². The van der Waals surface area contributed by atoms with Crippen LogP contribution in [0.4, 0.5) is 0 Å². The van der Waals surface area contributed by atoms with Crippen LogP contribution in [0.2, 0.25) is 0 Å². The zero-order chi connectivity index (χ0) is 13.5. The molecule has 96 valence electrons. The molecule has 0 bridgehead atoms. The summed E-state index contributed by atoms with van der Waals surface area (Å²) < 4.78 is 1.74. The summed E-state index contributed by atoms with van der Waals surface area (Å²) in [5.41, 5.74) is 1.50. The molecular formula is C13H16ClN3O. The number of nitrogens with zero attached hydrogens (tertiary/aromatic N) is 3. The fourth-order valence-electron chi connectivity index (χ4n) is 1.67. The summed E-state index contributed by atoms with van der Waals surface area (Å²) in [5, 5.41) is 8.88. The van der Waals surface area contributed by atoms with E-state index in [0.29, 0.717) is 18.8 Å². The van der Waals surface area contributed by atoms with E-state index in [4.69, 9.17) is 16.9 Å². The Balaban J connectivity index is 2.78. The van der Waals surface area contributed by atoms with Gasteiger partial charge in [0.15, 0.2) is 0 Å². The Labute approximate surface area is 112 Å². The Kier molecular flexibility index (Phi) is 5.47. The van der Waals surface area contributed by atoms with Crippen molar-refractivity contribution < 1.29 is 4.79 Å². The minimum Gasteiger partial charge on any atom is -0.342 e. The van der Waals surface area contributed by atoms with Crippen molar-refractivity contribution in [2.75, 3.05) is 12.4 Å². The van der Waals surface area contributed by atoms with E-state index < -0.39 is 0 Å². The molecule has 0 saturated carbocycles. The molecule has 5 heteroatoms. The van der Waals surface area contributed by atoms with Crippen LogP contribution in [-0.2, 0) is 18.4 Å². The number of aryl methyl sites for hydroxylation is 1. The number of nitriles is 1. The standard InChI is InChI=1S/C13H16ClN3O/c1-3-4-5-17(13(18)7-14)10-11-6-12(8-15)16(2)9-11/h3,6,9H,1,4-5,7,10H2,2H3. The number of hydrogen-bond donors (Lipinski definition) is 0. The van der Waals surface area contributed by atoms with E-state index in [1.54, 1.807) is 28.7 Å². The summed E-state index contributed by atoms with van der Waals surface area (Å²) in [6, 6.07) is 3.87. The lowest BCUT2D eigenvalue weighted by atomic mass is 10.2. The number of carbonyl (C=O) groups is 1. The van der Waals surface area contributed by atoms with Crippen molar-refractivity contribution in [1.29, 1.82) is 5.26 Å². The van der Waals surface area contributed by atoms with Gasteiger partial charge >= 0.3 is 0 Å². The van der Waals surface area contributed by atoms with Crippen LogP contribution in [0.15, 0.2) is 24.9 Å². The molecule has 0 saturated heterocycles. The molecule has 1 amide bonds. The van der Waals surface area contributed by atoms with E-state index in [-0.39, 0.29) is 11.8 Å². The minimum atomic E-state index is -0.110. The van der Waals surface area contributed by atoms with Crippen LogP contribution >= 0.6 is 11.6 Å². The maximum atomic E-state index is 11.7. The molecule has 0 N–H and O–H groups in total.